The van der Waals surface area contributed by atoms with E-state index in [1.165, 1.54) is 32.1 Å². The molecule has 1 unspecified atom stereocenters. The highest BCUT2D eigenvalue weighted by atomic mass is 16.3. The molecule has 0 bridgehead atoms. The number of hydrogen-bond donors (Lipinski definition) is 1. The fourth-order valence-electron chi connectivity index (χ4n) is 10.6. The molecular weight excluding hydrogens is 484 g/mol. The zero-order chi connectivity index (χ0) is 28.1. The monoisotopic (exact) mass is 540 g/mol. The summed E-state index contributed by atoms with van der Waals surface area (Å²) in [6, 6.07) is 0.645. The molecule has 5 nitrogen and oxygen atoms in total. The van der Waals surface area contributed by atoms with Gasteiger partial charge in [-0.1, -0.05) is 32.4 Å². The van der Waals surface area contributed by atoms with Crippen LogP contribution in [0.2, 0.25) is 0 Å². The number of allylic oxidation sites excluding steroid dienone is 1. The number of carbonyl (C=O) groups is 2. The summed E-state index contributed by atoms with van der Waals surface area (Å²) in [5.41, 5.74) is 2.29. The third kappa shape index (κ3) is 5.24. The molecule has 0 aromatic rings. The van der Waals surface area contributed by atoms with E-state index < -0.39 is 0 Å². The van der Waals surface area contributed by atoms with Crippen LogP contribution >= 0.6 is 0 Å². The van der Waals surface area contributed by atoms with Gasteiger partial charge in [-0.15, -0.1) is 0 Å². The van der Waals surface area contributed by atoms with Gasteiger partial charge in [-0.2, -0.15) is 0 Å². The fraction of sp³-hybridized carbons (Fsp3) is 0.882. The number of aliphatic hydroxyl groups excluding tert-OH is 1. The van der Waals surface area contributed by atoms with E-state index >= 15 is 0 Å². The lowest BCUT2D eigenvalue weighted by molar-refractivity contribution is -0.135. The van der Waals surface area contributed by atoms with Crippen LogP contribution in [-0.4, -0.2) is 59.0 Å². The van der Waals surface area contributed by atoms with Gasteiger partial charge in [-0.3, -0.25) is 9.59 Å². The SMILES string of the molecule is CC(=O)N(C)C1CCC(N(C)C(=O)CCC(C)[C@H]2CC[C@H]3[C@@H]4CC=C5C[C@@H](O)CC[C@]5(C)[C@H]4CC[C@]23C)CC1. The first-order valence-corrected chi connectivity index (χ1v) is 16.3. The Balaban J connectivity index is 1.15. The van der Waals surface area contributed by atoms with Gasteiger partial charge in [-0.25, -0.2) is 0 Å². The molecule has 0 aromatic heterocycles. The van der Waals surface area contributed by atoms with Gasteiger partial charge < -0.3 is 14.9 Å². The minimum atomic E-state index is -0.128. The van der Waals surface area contributed by atoms with Gasteiger partial charge in [-0.05, 0) is 124 Å². The second-order valence-electron chi connectivity index (χ2n) is 15.0. The smallest absolute Gasteiger partial charge is 0.222 e. The number of fused-ring (bicyclic) bond motifs is 5. The van der Waals surface area contributed by atoms with Crippen molar-refractivity contribution in [2.24, 2.45) is 40.4 Å². The van der Waals surface area contributed by atoms with Crippen LogP contribution in [-0.2, 0) is 9.59 Å². The average molecular weight is 541 g/mol. The number of aliphatic hydroxyl groups is 1. The zero-order valence-corrected chi connectivity index (χ0v) is 25.8. The maximum absolute atomic E-state index is 13.3. The Morgan fingerprint density at radius 3 is 2.28 bits per heavy atom. The maximum atomic E-state index is 13.3. The van der Waals surface area contributed by atoms with Gasteiger partial charge in [0.1, 0.15) is 0 Å². The summed E-state index contributed by atoms with van der Waals surface area (Å²) in [6.45, 7) is 9.21. The molecule has 4 saturated carbocycles. The lowest BCUT2D eigenvalue weighted by Gasteiger charge is -2.58. The standard InChI is InChI=1S/C34H56N2O3/c1-22(7-16-32(39)36(6)26-11-9-25(10-12-26)35(5)23(2)37)29-14-15-30-28-13-8-24-21-27(38)17-19-33(24,3)31(28)18-20-34(29,30)4/h8,22,25-31,38H,7,9-21H2,1-6H3/t22?,25?,26?,27-,28-,29+,30-,31-,33-,34+/m0/s1. The zero-order valence-electron chi connectivity index (χ0n) is 25.8. The largest absolute Gasteiger partial charge is 0.393 e. The number of carbonyl (C=O) groups excluding carboxylic acids is 2. The van der Waals surface area contributed by atoms with Crippen LogP contribution in [0, 0.1) is 40.4 Å². The van der Waals surface area contributed by atoms with Crippen molar-refractivity contribution in [1.29, 1.82) is 0 Å². The fourth-order valence-corrected chi connectivity index (χ4v) is 10.6. The topological polar surface area (TPSA) is 60.9 Å². The van der Waals surface area contributed by atoms with Crippen molar-refractivity contribution in [1.82, 2.24) is 9.80 Å². The molecule has 2 amide bonds. The number of nitrogens with zero attached hydrogens (tertiary/aromatic N) is 2. The molecule has 5 aliphatic rings. The van der Waals surface area contributed by atoms with Crippen molar-refractivity contribution in [2.45, 2.75) is 136 Å². The van der Waals surface area contributed by atoms with Crippen molar-refractivity contribution in [3.63, 3.8) is 0 Å². The third-order valence-electron chi connectivity index (χ3n) is 13.3. The molecule has 1 N–H and O–H groups in total. The summed E-state index contributed by atoms with van der Waals surface area (Å²) < 4.78 is 0. The number of amides is 2. The summed E-state index contributed by atoms with van der Waals surface area (Å²) in [4.78, 5) is 28.9. The van der Waals surface area contributed by atoms with Crippen LogP contribution in [0.4, 0.5) is 0 Å². The molecule has 0 spiro atoms. The highest BCUT2D eigenvalue weighted by molar-refractivity contribution is 5.76. The first kappa shape index (κ1) is 29.1. The first-order valence-electron chi connectivity index (χ1n) is 16.3. The minimum Gasteiger partial charge on any atom is -0.393 e. The van der Waals surface area contributed by atoms with Gasteiger partial charge in [0.2, 0.25) is 11.8 Å². The summed E-state index contributed by atoms with van der Waals surface area (Å²) in [7, 11) is 3.92. The van der Waals surface area contributed by atoms with E-state index in [9.17, 15) is 14.7 Å². The van der Waals surface area contributed by atoms with Crippen molar-refractivity contribution in [3.05, 3.63) is 11.6 Å². The van der Waals surface area contributed by atoms with Gasteiger partial charge in [0.05, 0.1) is 6.10 Å². The minimum absolute atomic E-state index is 0.128. The molecule has 5 heteroatoms. The molecule has 0 aliphatic heterocycles. The second-order valence-corrected chi connectivity index (χ2v) is 15.0. The lowest BCUT2D eigenvalue weighted by atomic mass is 9.47. The van der Waals surface area contributed by atoms with Crippen LogP contribution in [0.5, 0.6) is 0 Å². The van der Waals surface area contributed by atoms with E-state index in [0.717, 1.165) is 75.0 Å². The summed E-state index contributed by atoms with van der Waals surface area (Å²) >= 11 is 0. The molecule has 4 fully saturated rings. The van der Waals surface area contributed by atoms with Crippen LogP contribution in [0.3, 0.4) is 0 Å². The Morgan fingerprint density at radius 1 is 0.949 bits per heavy atom. The molecule has 0 saturated heterocycles. The predicted octanol–water partition coefficient (Wildman–Crippen LogP) is 6.59. The summed E-state index contributed by atoms with van der Waals surface area (Å²) in [6.07, 6.45) is 17.7. The van der Waals surface area contributed by atoms with Gasteiger partial charge in [0, 0.05) is 39.5 Å². The Labute approximate surface area is 238 Å². The van der Waals surface area contributed by atoms with E-state index in [2.05, 4.69) is 26.8 Å². The van der Waals surface area contributed by atoms with Gasteiger partial charge in [0.15, 0.2) is 0 Å². The highest BCUT2D eigenvalue weighted by Gasteiger charge is 2.59. The van der Waals surface area contributed by atoms with E-state index in [1.807, 2.05) is 23.9 Å². The highest BCUT2D eigenvalue weighted by Crippen LogP contribution is 2.67. The van der Waals surface area contributed by atoms with E-state index in [-0.39, 0.29) is 12.0 Å². The summed E-state index contributed by atoms with van der Waals surface area (Å²) in [5, 5.41) is 10.3. The second kappa shape index (κ2) is 11.1. The molecule has 39 heavy (non-hydrogen) atoms. The molecule has 0 aromatic carbocycles. The Morgan fingerprint density at radius 2 is 1.62 bits per heavy atom. The molecule has 0 radical (unpaired) electrons. The Bertz CT molecular complexity index is 954. The summed E-state index contributed by atoms with van der Waals surface area (Å²) in [5.74, 6) is 4.17. The average Bonchev–Trinajstić information content (AvgIpc) is 3.28. The Kier molecular flexibility index (Phi) is 8.32. The Hall–Kier alpha value is -1.36. The number of hydrogen-bond acceptors (Lipinski definition) is 3. The normalized spacial score (nSPS) is 42.4. The van der Waals surface area contributed by atoms with Crippen molar-refractivity contribution < 1.29 is 14.7 Å². The molecule has 8 atom stereocenters. The van der Waals surface area contributed by atoms with Crippen molar-refractivity contribution in [3.8, 4) is 0 Å². The maximum Gasteiger partial charge on any atom is 0.222 e. The van der Waals surface area contributed by atoms with E-state index in [0.29, 0.717) is 41.2 Å². The first-order chi connectivity index (χ1) is 18.5. The molecule has 5 rings (SSSR count). The van der Waals surface area contributed by atoms with Crippen LogP contribution in [0.1, 0.15) is 118 Å². The molecular formula is C34H56N2O3. The third-order valence-corrected chi connectivity index (χ3v) is 13.3. The van der Waals surface area contributed by atoms with Gasteiger partial charge >= 0.3 is 0 Å². The lowest BCUT2D eigenvalue weighted by Crippen LogP contribution is -2.50. The molecule has 0 heterocycles. The van der Waals surface area contributed by atoms with E-state index in [4.69, 9.17) is 0 Å². The molecule has 5 aliphatic carbocycles. The quantitative estimate of drug-likeness (QED) is 0.387. The van der Waals surface area contributed by atoms with Crippen LogP contribution < -0.4 is 0 Å². The van der Waals surface area contributed by atoms with Gasteiger partial charge in [0.25, 0.3) is 0 Å². The van der Waals surface area contributed by atoms with E-state index in [1.54, 1.807) is 12.5 Å². The predicted molar refractivity (Wildman–Crippen MR) is 157 cm³/mol. The van der Waals surface area contributed by atoms with Crippen LogP contribution in [0.15, 0.2) is 11.6 Å². The van der Waals surface area contributed by atoms with Crippen LogP contribution in [0.25, 0.3) is 0 Å². The van der Waals surface area contributed by atoms with Crippen molar-refractivity contribution in [2.75, 3.05) is 14.1 Å². The van der Waals surface area contributed by atoms with Crippen molar-refractivity contribution >= 4 is 11.8 Å². The number of rotatable bonds is 6. The molecule has 220 valence electrons.